The van der Waals surface area contributed by atoms with Gasteiger partial charge in [0.25, 0.3) is 0 Å². The van der Waals surface area contributed by atoms with E-state index in [4.69, 9.17) is 37.9 Å². The number of nitrogens with one attached hydrogen (secondary N) is 1. The molecule has 290 valence electrons. The molecule has 0 aromatic heterocycles. The summed E-state index contributed by atoms with van der Waals surface area (Å²) in [6, 6.07) is 17.6. The highest BCUT2D eigenvalue weighted by Crippen LogP contribution is 2.34. The minimum absolute atomic E-state index is 0.138. The van der Waals surface area contributed by atoms with Gasteiger partial charge in [-0.1, -0.05) is 88.6 Å². The van der Waals surface area contributed by atoms with E-state index in [1.54, 1.807) is 31.2 Å². The minimum atomic E-state index is -1.34. The van der Waals surface area contributed by atoms with Crippen LogP contribution in [0.4, 0.5) is 0 Å². The van der Waals surface area contributed by atoms with Crippen LogP contribution >= 0.6 is 0 Å². The molecule has 2 aliphatic rings. The third-order valence-corrected chi connectivity index (χ3v) is 9.12. The molecule has 2 fully saturated rings. The van der Waals surface area contributed by atoms with Crippen molar-refractivity contribution in [3.8, 4) is 0 Å². The quantitative estimate of drug-likeness (QED) is 0.127. The van der Waals surface area contributed by atoms with Gasteiger partial charge in [0.1, 0.15) is 36.6 Å². The minimum Gasteiger partial charge on any atom is -0.450 e. The van der Waals surface area contributed by atoms with Crippen LogP contribution in [0, 0.1) is 0 Å². The van der Waals surface area contributed by atoms with Crippen molar-refractivity contribution in [3.05, 3.63) is 71.8 Å². The zero-order valence-corrected chi connectivity index (χ0v) is 31.4. The molecule has 0 radical (unpaired) electrons. The highest BCUT2D eigenvalue weighted by Gasteiger charge is 2.54. The van der Waals surface area contributed by atoms with Gasteiger partial charge in [0.15, 0.2) is 18.7 Å². The first-order chi connectivity index (χ1) is 25.3. The van der Waals surface area contributed by atoms with Gasteiger partial charge in [-0.2, -0.15) is 0 Å². The number of hydrogen-bond acceptors (Lipinski definition) is 11. The summed E-state index contributed by atoms with van der Waals surface area (Å²) >= 11 is 0. The highest BCUT2D eigenvalue weighted by atomic mass is 16.7. The Kier molecular flexibility index (Phi) is 17.9. The van der Waals surface area contributed by atoms with Crippen LogP contribution in [-0.2, 0) is 49.3 Å². The number of esters is 1. The van der Waals surface area contributed by atoms with Gasteiger partial charge in [0.2, 0.25) is 5.91 Å². The fraction of sp³-hybridized carbons (Fsp3) is 0.650. The van der Waals surface area contributed by atoms with Gasteiger partial charge >= 0.3 is 5.97 Å². The number of carbonyl (C=O) groups excluding carboxylic acids is 2. The molecule has 0 spiro atoms. The van der Waals surface area contributed by atoms with E-state index in [1.807, 2.05) is 43.3 Å². The summed E-state index contributed by atoms with van der Waals surface area (Å²) in [5.74, 6) is -0.936. The molecular formula is C40H59NO11. The fourth-order valence-electron chi connectivity index (χ4n) is 6.31. The van der Waals surface area contributed by atoms with Crippen LogP contribution in [0.15, 0.2) is 60.7 Å². The van der Waals surface area contributed by atoms with Crippen LogP contribution in [0.1, 0.15) is 89.1 Å². The molecule has 2 aromatic carbocycles. The average Bonchev–Trinajstić information content (AvgIpc) is 3.14. The molecule has 52 heavy (non-hydrogen) atoms. The summed E-state index contributed by atoms with van der Waals surface area (Å²) in [5.41, 5.74) is 1.36. The predicted octanol–water partition coefficient (Wildman–Crippen LogP) is 5.34. The van der Waals surface area contributed by atoms with Gasteiger partial charge in [-0.05, 0) is 43.9 Å². The smallest absolute Gasteiger partial charge is 0.338 e. The molecule has 0 saturated carbocycles. The summed E-state index contributed by atoms with van der Waals surface area (Å²) in [7, 11) is 0. The second-order valence-electron chi connectivity index (χ2n) is 13.4. The van der Waals surface area contributed by atoms with Gasteiger partial charge < -0.3 is 48.3 Å². The SMILES string of the molecule is CCCCOC1C(COCc2ccccc2)OC(OC2C(C)OC(O)C(NC(C)=O)C2OCCCC)C(OC(=O)c2ccccc2)C1OCCCC. The van der Waals surface area contributed by atoms with E-state index in [1.165, 1.54) is 6.92 Å². The molecule has 1 amide bonds. The molecular weight excluding hydrogens is 670 g/mol. The number of unbranched alkanes of at least 4 members (excludes halogenated alkanes) is 3. The van der Waals surface area contributed by atoms with Crippen molar-refractivity contribution in [3.63, 3.8) is 0 Å². The first kappa shape index (κ1) is 41.8. The zero-order valence-electron chi connectivity index (χ0n) is 31.4. The Labute approximate surface area is 308 Å². The maximum atomic E-state index is 13.7. The molecule has 2 aliphatic heterocycles. The molecule has 12 nitrogen and oxygen atoms in total. The van der Waals surface area contributed by atoms with Crippen LogP contribution < -0.4 is 5.32 Å². The van der Waals surface area contributed by atoms with Crippen LogP contribution in [0.5, 0.6) is 0 Å². The zero-order chi connectivity index (χ0) is 37.3. The summed E-state index contributed by atoms with van der Waals surface area (Å²) in [6.45, 7) is 11.0. The third kappa shape index (κ3) is 12.3. The maximum absolute atomic E-state index is 13.7. The lowest BCUT2D eigenvalue weighted by Gasteiger charge is -2.49. The van der Waals surface area contributed by atoms with E-state index in [9.17, 15) is 14.7 Å². The first-order valence-corrected chi connectivity index (χ1v) is 18.9. The van der Waals surface area contributed by atoms with E-state index >= 15 is 0 Å². The lowest BCUT2D eigenvalue weighted by molar-refractivity contribution is -0.351. The predicted molar refractivity (Wildman–Crippen MR) is 193 cm³/mol. The van der Waals surface area contributed by atoms with Crippen molar-refractivity contribution in [2.24, 2.45) is 0 Å². The topological polar surface area (TPSA) is 140 Å². The highest BCUT2D eigenvalue weighted by molar-refractivity contribution is 5.89. The third-order valence-electron chi connectivity index (χ3n) is 9.12. The van der Waals surface area contributed by atoms with Crippen LogP contribution in [-0.4, -0.2) is 105 Å². The Bertz CT molecular complexity index is 1300. The second-order valence-corrected chi connectivity index (χ2v) is 13.4. The van der Waals surface area contributed by atoms with Crippen LogP contribution in [0.3, 0.4) is 0 Å². The normalized spacial score (nSPS) is 29.0. The van der Waals surface area contributed by atoms with Crippen molar-refractivity contribution in [1.29, 1.82) is 0 Å². The average molecular weight is 730 g/mol. The lowest BCUT2D eigenvalue weighted by atomic mass is 9.95. The molecule has 0 aliphatic carbocycles. The molecule has 12 heteroatoms. The maximum Gasteiger partial charge on any atom is 0.338 e. The Morgan fingerprint density at radius 2 is 1.33 bits per heavy atom. The summed E-state index contributed by atoms with van der Waals surface area (Å²) in [5, 5.41) is 13.7. The summed E-state index contributed by atoms with van der Waals surface area (Å²) < 4.78 is 51.4. The molecule has 2 aromatic rings. The van der Waals surface area contributed by atoms with E-state index < -0.39 is 67.3 Å². The number of carbonyl (C=O) groups is 2. The molecule has 2 saturated heterocycles. The Morgan fingerprint density at radius 1 is 0.750 bits per heavy atom. The number of hydrogen-bond donors (Lipinski definition) is 2. The molecule has 2 N–H and O–H groups in total. The van der Waals surface area contributed by atoms with Crippen LogP contribution in [0.25, 0.3) is 0 Å². The second kappa shape index (κ2) is 22.3. The van der Waals surface area contributed by atoms with Crippen LogP contribution in [0.2, 0.25) is 0 Å². The standard InChI is InChI=1S/C40H59NO11/c1-6-9-22-46-34-31(26-45-25-29-18-14-12-15-19-29)50-40(37(36(34)48-24-11-8-3)51-38(43)30-20-16-13-17-21-30)52-33-27(4)49-39(44)32(41-28(5)42)35(33)47-23-10-7-2/h12-21,27,31-37,39-40,44H,6-11,22-26H2,1-5H3,(H,41,42). The molecule has 2 heterocycles. The number of rotatable bonds is 21. The van der Waals surface area contributed by atoms with Gasteiger partial charge in [0.05, 0.1) is 24.9 Å². The van der Waals surface area contributed by atoms with Gasteiger partial charge in [0, 0.05) is 26.7 Å². The molecule has 4 rings (SSSR count). The Morgan fingerprint density at radius 3 is 1.92 bits per heavy atom. The Hall–Kier alpha value is -2.94. The number of ether oxygens (including phenoxy) is 8. The van der Waals surface area contributed by atoms with E-state index in [2.05, 4.69) is 19.2 Å². The fourth-order valence-corrected chi connectivity index (χ4v) is 6.31. The summed E-state index contributed by atoms with van der Waals surface area (Å²) in [6.07, 6.45) is -3.13. The van der Waals surface area contributed by atoms with E-state index in [-0.39, 0.29) is 12.5 Å². The number of aliphatic hydroxyl groups excluding tert-OH is 1. The van der Waals surface area contributed by atoms with E-state index in [0.717, 1.165) is 44.1 Å². The largest absolute Gasteiger partial charge is 0.450 e. The lowest BCUT2D eigenvalue weighted by Crippen LogP contribution is -2.67. The molecule has 10 atom stereocenters. The van der Waals surface area contributed by atoms with Crippen molar-refractivity contribution in [2.45, 2.75) is 141 Å². The Balaban J connectivity index is 1.72. The van der Waals surface area contributed by atoms with Gasteiger partial charge in [-0.15, -0.1) is 0 Å². The number of amides is 1. The first-order valence-electron chi connectivity index (χ1n) is 18.9. The van der Waals surface area contributed by atoms with E-state index in [0.29, 0.717) is 32.0 Å². The van der Waals surface area contributed by atoms with Gasteiger partial charge in [-0.25, -0.2) is 4.79 Å². The summed E-state index contributed by atoms with van der Waals surface area (Å²) in [4.78, 5) is 26.0. The van der Waals surface area contributed by atoms with Crippen molar-refractivity contribution >= 4 is 11.9 Å². The number of benzene rings is 2. The molecule has 10 unspecified atom stereocenters. The van der Waals surface area contributed by atoms with Crippen molar-refractivity contribution in [2.75, 3.05) is 26.4 Å². The molecule has 0 bridgehead atoms. The van der Waals surface area contributed by atoms with Crippen molar-refractivity contribution < 1.29 is 52.6 Å². The monoisotopic (exact) mass is 729 g/mol. The number of aliphatic hydroxyl groups is 1. The van der Waals surface area contributed by atoms with Crippen molar-refractivity contribution in [1.82, 2.24) is 5.32 Å². The van der Waals surface area contributed by atoms with Gasteiger partial charge in [-0.3, -0.25) is 4.79 Å².